The van der Waals surface area contributed by atoms with Crippen LogP contribution in [-0.4, -0.2) is 48.5 Å². The molecule has 0 aliphatic carbocycles. The molecule has 2 aromatic rings. The van der Waals surface area contributed by atoms with Crippen molar-refractivity contribution in [2.24, 2.45) is 0 Å². The van der Waals surface area contributed by atoms with Crippen LogP contribution in [0.5, 0.6) is 5.88 Å². The molecule has 25 heavy (non-hydrogen) atoms. The van der Waals surface area contributed by atoms with Gasteiger partial charge in [0.15, 0.2) is 0 Å². The highest BCUT2D eigenvalue weighted by molar-refractivity contribution is 7.89. The molecule has 1 fully saturated rings. The van der Waals surface area contributed by atoms with Crippen LogP contribution in [0.3, 0.4) is 0 Å². The van der Waals surface area contributed by atoms with Gasteiger partial charge < -0.3 is 10.4 Å². The Balaban J connectivity index is 2.06. The molecule has 6 nitrogen and oxygen atoms in total. The molecule has 1 saturated heterocycles. The third-order valence-electron chi connectivity index (χ3n) is 4.74. The molecule has 1 aromatic carbocycles. The molecule has 0 bridgehead atoms. The van der Waals surface area contributed by atoms with E-state index in [0.717, 1.165) is 32.2 Å². The minimum Gasteiger partial charge on any atom is -0.493 e. The lowest BCUT2D eigenvalue weighted by Crippen LogP contribution is -2.43. The fourth-order valence-electron chi connectivity index (χ4n) is 3.43. The molecule has 0 radical (unpaired) electrons. The van der Waals surface area contributed by atoms with Crippen LogP contribution in [0, 0.1) is 0 Å². The van der Waals surface area contributed by atoms with E-state index in [4.69, 9.17) is 0 Å². The second-order valence-corrected chi connectivity index (χ2v) is 8.31. The SMILES string of the molecule is CCCCC1CNCCCN1S(=O)(=O)c1cccc2c(O)nccc12. The highest BCUT2D eigenvalue weighted by atomic mass is 32.2. The Kier molecular flexibility index (Phi) is 5.56. The van der Waals surface area contributed by atoms with E-state index in [9.17, 15) is 13.5 Å². The van der Waals surface area contributed by atoms with Crippen LogP contribution < -0.4 is 5.32 Å². The van der Waals surface area contributed by atoms with Crippen molar-refractivity contribution in [3.8, 4) is 5.88 Å². The van der Waals surface area contributed by atoms with Crippen molar-refractivity contribution in [3.05, 3.63) is 30.5 Å². The maximum absolute atomic E-state index is 13.4. The number of hydrogen-bond donors (Lipinski definition) is 2. The van der Waals surface area contributed by atoms with Gasteiger partial charge in [-0.25, -0.2) is 13.4 Å². The van der Waals surface area contributed by atoms with Gasteiger partial charge in [0, 0.05) is 36.1 Å². The van der Waals surface area contributed by atoms with E-state index in [2.05, 4.69) is 17.2 Å². The average molecular weight is 363 g/mol. The first-order valence-electron chi connectivity index (χ1n) is 8.85. The number of rotatable bonds is 5. The van der Waals surface area contributed by atoms with E-state index in [1.165, 1.54) is 6.20 Å². The lowest BCUT2D eigenvalue weighted by Gasteiger charge is -2.29. The van der Waals surface area contributed by atoms with Crippen molar-refractivity contribution < 1.29 is 13.5 Å². The van der Waals surface area contributed by atoms with Crippen molar-refractivity contribution in [2.75, 3.05) is 19.6 Å². The van der Waals surface area contributed by atoms with Crippen LogP contribution in [0.25, 0.3) is 10.8 Å². The summed E-state index contributed by atoms with van der Waals surface area (Å²) >= 11 is 0. The quantitative estimate of drug-likeness (QED) is 0.853. The first kappa shape index (κ1) is 18.1. The molecule has 136 valence electrons. The predicted octanol–water partition coefficient (Wildman–Crippen LogP) is 2.48. The van der Waals surface area contributed by atoms with Gasteiger partial charge in [-0.2, -0.15) is 4.31 Å². The van der Waals surface area contributed by atoms with E-state index >= 15 is 0 Å². The van der Waals surface area contributed by atoms with Crippen molar-refractivity contribution in [3.63, 3.8) is 0 Å². The van der Waals surface area contributed by atoms with Gasteiger partial charge in [-0.1, -0.05) is 25.8 Å². The Labute approximate surface area is 148 Å². The molecule has 0 saturated carbocycles. The van der Waals surface area contributed by atoms with E-state index in [1.54, 1.807) is 28.6 Å². The van der Waals surface area contributed by atoms with Crippen LogP contribution in [0.2, 0.25) is 0 Å². The fraction of sp³-hybridized carbons (Fsp3) is 0.500. The first-order valence-corrected chi connectivity index (χ1v) is 10.3. The van der Waals surface area contributed by atoms with E-state index in [-0.39, 0.29) is 16.8 Å². The normalized spacial score (nSPS) is 19.8. The molecular formula is C18H25N3O3S. The largest absolute Gasteiger partial charge is 0.493 e. The van der Waals surface area contributed by atoms with Crippen LogP contribution >= 0.6 is 0 Å². The summed E-state index contributed by atoms with van der Waals surface area (Å²) in [7, 11) is -3.65. The Morgan fingerprint density at radius 1 is 1.32 bits per heavy atom. The number of aromatic nitrogens is 1. The number of nitrogens with one attached hydrogen (secondary N) is 1. The van der Waals surface area contributed by atoms with Crippen molar-refractivity contribution in [1.82, 2.24) is 14.6 Å². The summed E-state index contributed by atoms with van der Waals surface area (Å²) in [6.07, 6.45) is 5.12. The standard InChI is InChI=1S/C18H25N3O3S/c1-2-3-6-14-13-19-10-5-12-21(14)25(23,24)17-8-4-7-16-15(17)9-11-20-18(16)22/h4,7-9,11,14,19H,2-3,5-6,10,12-13H2,1H3,(H,20,22). The van der Waals surface area contributed by atoms with Gasteiger partial charge in [0.05, 0.1) is 4.90 Å². The van der Waals surface area contributed by atoms with Crippen LogP contribution in [0.15, 0.2) is 35.4 Å². The number of aromatic hydroxyl groups is 1. The summed E-state index contributed by atoms with van der Waals surface area (Å²) < 4.78 is 28.5. The summed E-state index contributed by atoms with van der Waals surface area (Å²) in [5.41, 5.74) is 0. The van der Waals surface area contributed by atoms with Gasteiger partial charge in [0.1, 0.15) is 0 Å². The van der Waals surface area contributed by atoms with Crippen molar-refractivity contribution in [1.29, 1.82) is 0 Å². The molecular weight excluding hydrogens is 338 g/mol. The third-order valence-corrected chi connectivity index (χ3v) is 6.75. The number of nitrogens with zero attached hydrogens (tertiary/aromatic N) is 2. The van der Waals surface area contributed by atoms with E-state index < -0.39 is 10.0 Å². The van der Waals surface area contributed by atoms with Gasteiger partial charge >= 0.3 is 0 Å². The Hall–Kier alpha value is -1.70. The second-order valence-electron chi connectivity index (χ2n) is 6.46. The summed E-state index contributed by atoms with van der Waals surface area (Å²) in [6, 6.07) is 6.58. The molecule has 7 heteroatoms. The average Bonchev–Trinajstić information content (AvgIpc) is 2.86. The highest BCUT2D eigenvalue weighted by Gasteiger charge is 2.33. The number of pyridine rings is 1. The lowest BCUT2D eigenvalue weighted by molar-refractivity contribution is 0.313. The zero-order valence-corrected chi connectivity index (χ0v) is 15.3. The summed E-state index contributed by atoms with van der Waals surface area (Å²) in [5, 5.41) is 14.3. The van der Waals surface area contributed by atoms with Gasteiger partial charge in [-0.05, 0) is 37.6 Å². The Bertz CT molecular complexity index is 839. The Morgan fingerprint density at radius 2 is 2.16 bits per heavy atom. The Morgan fingerprint density at radius 3 is 2.96 bits per heavy atom. The second kappa shape index (κ2) is 7.68. The third kappa shape index (κ3) is 3.63. The van der Waals surface area contributed by atoms with Crippen LogP contribution in [0.4, 0.5) is 0 Å². The number of sulfonamides is 1. The lowest BCUT2D eigenvalue weighted by atomic mass is 10.1. The van der Waals surface area contributed by atoms with Gasteiger partial charge in [0.25, 0.3) is 0 Å². The molecule has 2 N–H and O–H groups in total. The van der Waals surface area contributed by atoms with E-state index in [0.29, 0.717) is 23.9 Å². The smallest absolute Gasteiger partial charge is 0.243 e. The predicted molar refractivity (Wildman–Crippen MR) is 98.1 cm³/mol. The molecule has 1 unspecified atom stereocenters. The van der Waals surface area contributed by atoms with Crippen LogP contribution in [-0.2, 0) is 10.0 Å². The van der Waals surface area contributed by atoms with Crippen LogP contribution in [0.1, 0.15) is 32.6 Å². The highest BCUT2D eigenvalue weighted by Crippen LogP contribution is 2.31. The minimum atomic E-state index is -3.65. The zero-order chi connectivity index (χ0) is 17.9. The minimum absolute atomic E-state index is 0.0434. The molecule has 1 atom stereocenters. The number of fused-ring (bicyclic) bond motifs is 1. The first-order chi connectivity index (χ1) is 12.1. The maximum Gasteiger partial charge on any atom is 0.243 e. The molecule has 0 spiro atoms. The van der Waals surface area contributed by atoms with Gasteiger partial charge in [-0.15, -0.1) is 0 Å². The van der Waals surface area contributed by atoms with Gasteiger partial charge in [-0.3, -0.25) is 0 Å². The summed E-state index contributed by atoms with van der Waals surface area (Å²) in [5.74, 6) is -0.144. The maximum atomic E-state index is 13.4. The zero-order valence-electron chi connectivity index (χ0n) is 14.5. The molecule has 1 aliphatic heterocycles. The molecule has 3 rings (SSSR count). The summed E-state index contributed by atoms with van der Waals surface area (Å²) in [6.45, 7) is 4.13. The summed E-state index contributed by atoms with van der Waals surface area (Å²) in [4.78, 5) is 4.09. The van der Waals surface area contributed by atoms with Crippen molar-refractivity contribution >= 4 is 20.8 Å². The molecule has 2 heterocycles. The molecule has 0 amide bonds. The number of hydrogen-bond acceptors (Lipinski definition) is 5. The molecule has 1 aromatic heterocycles. The number of unbranched alkanes of at least 4 members (excludes halogenated alkanes) is 1. The topological polar surface area (TPSA) is 82.5 Å². The van der Waals surface area contributed by atoms with E-state index in [1.807, 2.05) is 0 Å². The fourth-order valence-corrected chi connectivity index (χ4v) is 5.33. The van der Waals surface area contributed by atoms with Gasteiger partial charge in [0.2, 0.25) is 15.9 Å². The van der Waals surface area contributed by atoms with Crippen molar-refractivity contribution in [2.45, 2.75) is 43.5 Å². The monoisotopic (exact) mass is 363 g/mol. The number of benzene rings is 1. The molecule has 1 aliphatic rings.